The van der Waals surface area contributed by atoms with Crippen molar-refractivity contribution in [3.05, 3.63) is 59.2 Å². The average Bonchev–Trinajstić information content (AvgIpc) is 2.41. The van der Waals surface area contributed by atoms with Crippen LogP contribution >= 0.6 is 0 Å². The van der Waals surface area contributed by atoms with Gasteiger partial charge in [0.15, 0.2) is 11.6 Å². The van der Waals surface area contributed by atoms with Gasteiger partial charge < -0.3 is 15.6 Å². The lowest BCUT2D eigenvalue weighted by molar-refractivity contribution is 0.160. The Morgan fingerprint density at radius 3 is 2.70 bits per heavy atom. The molecule has 1 heterocycles. The number of halogens is 2. The second-order valence-electron chi connectivity index (χ2n) is 4.84. The average molecular weight is 277 g/mol. The van der Waals surface area contributed by atoms with Gasteiger partial charge in [0.25, 0.3) is 0 Å². The van der Waals surface area contributed by atoms with Gasteiger partial charge in [-0.1, -0.05) is 12.1 Å². The molecule has 0 radical (unpaired) electrons. The van der Waals surface area contributed by atoms with Crippen molar-refractivity contribution >= 4 is 0 Å². The van der Waals surface area contributed by atoms with E-state index in [4.69, 9.17) is 10.5 Å². The third kappa shape index (κ3) is 2.20. The molecule has 2 unspecified atom stereocenters. The van der Waals surface area contributed by atoms with Crippen LogP contribution in [0.15, 0.2) is 36.4 Å². The topological polar surface area (TPSA) is 55.5 Å². The summed E-state index contributed by atoms with van der Waals surface area (Å²) in [6, 6.07) is 7.95. The van der Waals surface area contributed by atoms with E-state index in [1.165, 1.54) is 24.3 Å². The van der Waals surface area contributed by atoms with Crippen LogP contribution < -0.4 is 10.5 Å². The molecule has 0 amide bonds. The van der Waals surface area contributed by atoms with Crippen molar-refractivity contribution in [2.75, 3.05) is 0 Å². The Morgan fingerprint density at radius 2 is 1.95 bits per heavy atom. The van der Waals surface area contributed by atoms with Crippen LogP contribution in [0.3, 0.4) is 0 Å². The first-order valence-corrected chi connectivity index (χ1v) is 6.24. The van der Waals surface area contributed by atoms with Gasteiger partial charge in [-0.25, -0.2) is 8.78 Å². The number of hydrogen-bond acceptors (Lipinski definition) is 3. The van der Waals surface area contributed by atoms with Gasteiger partial charge >= 0.3 is 0 Å². The monoisotopic (exact) mass is 277 g/mol. The summed E-state index contributed by atoms with van der Waals surface area (Å²) in [7, 11) is 0. The van der Waals surface area contributed by atoms with E-state index < -0.39 is 23.5 Å². The number of nitrogens with two attached hydrogens (primary N) is 1. The fraction of sp³-hybridized carbons (Fsp3) is 0.200. The summed E-state index contributed by atoms with van der Waals surface area (Å²) >= 11 is 0. The molecule has 0 saturated carbocycles. The largest absolute Gasteiger partial charge is 0.505 e. The molecular weight excluding hydrogens is 264 g/mol. The van der Waals surface area contributed by atoms with Gasteiger partial charge in [0.2, 0.25) is 0 Å². The van der Waals surface area contributed by atoms with E-state index in [1.54, 1.807) is 12.1 Å². The summed E-state index contributed by atoms with van der Waals surface area (Å²) in [5, 5.41) is 9.20. The minimum absolute atomic E-state index is 0.304. The first-order chi connectivity index (χ1) is 9.54. The molecule has 104 valence electrons. The third-order valence-corrected chi connectivity index (χ3v) is 3.46. The number of hydrogen-bond donors (Lipinski definition) is 2. The van der Waals surface area contributed by atoms with Crippen LogP contribution in [0.1, 0.15) is 29.7 Å². The first-order valence-electron chi connectivity index (χ1n) is 6.24. The molecule has 1 aliphatic heterocycles. The number of fused-ring (bicyclic) bond motifs is 1. The molecule has 5 heteroatoms. The fourth-order valence-corrected chi connectivity index (χ4v) is 2.40. The zero-order chi connectivity index (χ0) is 14.3. The molecule has 0 saturated heterocycles. The maximum absolute atomic E-state index is 13.4. The summed E-state index contributed by atoms with van der Waals surface area (Å²) in [4.78, 5) is 0. The number of benzene rings is 2. The predicted octanol–water partition coefficient (Wildman–Crippen LogP) is 3.19. The highest BCUT2D eigenvalue weighted by atomic mass is 19.1. The maximum Gasteiger partial charge on any atom is 0.165 e. The molecule has 3 N–H and O–H groups in total. The molecule has 0 bridgehead atoms. The molecule has 20 heavy (non-hydrogen) atoms. The van der Waals surface area contributed by atoms with Gasteiger partial charge in [-0.15, -0.1) is 0 Å². The lowest BCUT2D eigenvalue weighted by Gasteiger charge is -2.30. The first kappa shape index (κ1) is 12.9. The van der Waals surface area contributed by atoms with Gasteiger partial charge in [-0.05, 0) is 23.8 Å². The van der Waals surface area contributed by atoms with E-state index in [2.05, 4.69) is 0 Å². The molecule has 0 spiro atoms. The van der Waals surface area contributed by atoms with Crippen molar-refractivity contribution in [2.45, 2.75) is 18.6 Å². The van der Waals surface area contributed by atoms with Crippen molar-refractivity contribution < 1.29 is 18.6 Å². The molecule has 2 atom stereocenters. The lowest BCUT2D eigenvalue weighted by Crippen LogP contribution is -2.24. The molecule has 3 rings (SSSR count). The standard InChI is InChI=1S/C15H13F2NO2/c16-9-2-3-10-12(18)7-14(20-15(10)6-9)8-1-4-13(19)11(17)5-8/h1-6,12,14,19H,7,18H2. The van der Waals surface area contributed by atoms with Gasteiger partial charge in [-0.3, -0.25) is 0 Å². The Kier molecular flexibility index (Phi) is 3.06. The minimum atomic E-state index is -0.718. The number of aromatic hydroxyl groups is 1. The SMILES string of the molecule is NC1CC(c2ccc(O)c(F)c2)Oc2cc(F)ccc21. The number of phenols is 1. The maximum atomic E-state index is 13.4. The van der Waals surface area contributed by atoms with Crippen molar-refractivity contribution in [1.29, 1.82) is 0 Å². The van der Waals surface area contributed by atoms with Crippen LogP contribution in [0.5, 0.6) is 11.5 Å². The van der Waals surface area contributed by atoms with Crippen molar-refractivity contribution in [3.8, 4) is 11.5 Å². The van der Waals surface area contributed by atoms with E-state index in [-0.39, 0.29) is 6.04 Å². The number of ether oxygens (including phenoxy) is 1. The highest BCUT2D eigenvalue weighted by Gasteiger charge is 2.27. The zero-order valence-electron chi connectivity index (χ0n) is 10.5. The molecule has 3 nitrogen and oxygen atoms in total. The van der Waals surface area contributed by atoms with Crippen LogP contribution in [0.25, 0.3) is 0 Å². The van der Waals surface area contributed by atoms with Crippen LogP contribution in [-0.4, -0.2) is 5.11 Å². The summed E-state index contributed by atoms with van der Waals surface area (Å²) in [6.07, 6.45) is -0.00236. The summed E-state index contributed by atoms with van der Waals surface area (Å²) in [5.41, 5.74) is 7.35. The lowest BCUT2D eigenvalue weighted by atomic mass is 9.93. The van der Waals surface area contributed by atoms with Gasteiger partial charge in [0.1, 0.15) is 17.7 Å². The van der Waals surface area contributed by atoms with Crippen molar-refractivity contribution in [3.63, 3.8) is 0 Å². The predicted molar refractivity (Wildman–Crippen MR) is 69.4 cm³/mol. The highest BCUT2D eigenvalue weighted by molar-refractivity contribution is 5.40. The molecular formula is C15H13F2NO2. The molecule has 1 aliphatic rings. The van der Waals surface area contributed by atoms with E-state index >= 15 is 0 Å². The molecule has 2 aromatic carbocycles. The van der Waals surface area contributed by atoms with E-state index in [0.29, 0.717) is 17.7 Å². The van der Waals surface area contributed by atoms with Crippen LogP contribution in [0.2, 0.25) is 0 Å². The summed E-state index contributed by atoms with van der Waals surface area (Å²) in [6.45, 7) is 0. The summed E-state index contributed by atoms with van der Waals surface area (Å²) in [5.74, 6) is -1.17. The summed E-state index contributed by atoms with van der Waals surface area (Å²) < 4.78 is 32.3. The molecule has 0 aromatic heterocycles. The third-order valence-electron chi connectivity index (χ3n) is 3.46. The van der Waals surface area contributed by atoms with Gasteiger partial charge in [-0.2, -0.15) is 0 Å². The van der Waals surface area contributed by atoms with Crippen LogP contribution in [0, 0.1) is 11.6 Å². The Labute approximate surface area is 114 Å². The van der Waals surface area contributed by atoms with Crippen molar-refractivity contribution in [2.24, 2.45) is 5.73 Å². The van der Waals surface area contributed by atoms with E-state index in [0.717, 1.165) is 5.56 Å². The van der Waals surface area contributed by atoms with E-state index in [9.17, 15) is 13.9 Å². The Balaban J connectivity index is 1.96. The van der Waals surface area contributed by atoms with Crippen LogP contribution in [0.4, 0.5) is 8.78 Å². The van der Waals surface area contributed by atoms with Crippen molar-refractivity contribution in [1.82, 2.24) is 0 Å². The molecule has 2 aromatic rings. The Bertz CT molecular complexity index is 660. The molecule has 0 aliphatic carbocycles. The normalized spacial score (nSPS) is 21.1. The fourth-order valence-electron chi connectivity index (χ4n) is 2.40. The van der Waals surface area contributed by atoms with E-state index in [1.807, 2.05) is 0 Å². The second kappa shape index (κ2) is 4.76. The Hall–Kier alpha value is -2.14. The number of rotatable bonds is 1. The van der Waals surface area contributed by atoms with Crippen LogP contribution in [-0.2, 0) is 0 Å². The van der Waals surface area contributed by atoms with Gasteiger partial charge in [0, 0.05) is 24.1 Å². The Morgan fingerprint density at radius 1 is 1.15 bits per heavy atom. The smallest absolute Gasteiger partial charge is 0.165 e. The second-order valence-corrected chi connectivity index (χ2v) is 4.84. The van der Waals surface area contributed by atoms with Gasteiger partial charge in [0.05, 0.1) is 0 Å². The molecule has 0 fully saturated rings. The number of phenolic OH excluding ortho intramolecular Hbond substituents is 1. The minimum Gasteiger partial charge on any atom is -0.505 e. The highest BCUT2D eigenvalue weighted by Crippen LogP contribution is 2.40. The quantitative estimate of drug-likeness (QED) is 0.841. The zero-order valence-corrected chi connectivity index (χ0v) is 10.5.